The quantitative estimate of drug-likeness (QED) is 0.425. The molecule has 0 aromatic heterocycles. The van der Waals surface area contributed by atoms with E-state index in [2.05, 4.69) is 10.3 Å². The lowest BCUT2D eigenvalue weighted by Gasteiger charge is -2.32. The number of nitrogens with zero attached hydrogens (tertiary/aromatic N) is 2. The molecule has 4 N–H and O–H groups in total. The number of carbonyl (C=O) groups is 2. The smallest absolute Gasteiger partial charge is 0.343 e. The molecule has 0 aliphatic carbocycles. The van der Waals surface area contributed by atoms with Crippen LogP contribution in [-0.4, -0.2) is 39.1 Å². The highest BCUT2D eigenvalue weighted by molar-refractivity contribution is 6.16. The first kappa shape index (κ1) is 8.95. The molecule has 2 unspecified atom stereocenters. The summed E-state index contributed by atoms with van der Waals surface area (Å²) in [5.41, 5.74) is 2.95. The molecule has 7 nitrogen and oxygen atoms in total. The molecule has 2 aliphatic heterocycles. The van der Waals surface area contributed by atoms with E-state index in [9.17, 15) is 14.8 Å². The second kappa shape index (κ2) is 2.06. The van der Waals surface area contributed by atoms with Crippen LogP contribution >= 0.6 is 0 Å². The zero-order chi connectivity index (χ0) is 10.7. The maximum Gasteiger partial charge on any atom is 0.343 e. The molecule has 2 rings (SSSR count). The average Bonchev–Trinajstić information content (AvgIpc) is 2.38. The van der Waals surface area contributed by atoms with Gasteiger partial charge in [0.25, 0.3) is 5.91 Å². The van der Waals surface area contributed by atoms with Gasteiger partial charge in [0.15, 0.2) is 11.1 Å². The van der Waals surface area contributed by atoms with Crippen molar-refractivity contribution in [3.8, 4) is 0 Å². The molecular weight excluding hydrogens is 188 g/mol. The van der Waals surface area contributed by atoms with Crippen LogP contribution in [0.15, 0.2) is 4.99 Å². The van der Waals surface area contributed by atoms with Gasteiger partial charge in [-0.15, -0.1) is 0 Å². The van der Waals surface area contributed by atoms with E-state index >= 15 is 0 Å². The third kappa shape index (κ3) is 0.618. The van der Waals surface area contributed by atoms with Crippen LogP contribution in [0, 0.1) is 0 Å². The average molecular weight is 198 g/mol. The van der Waals surface area contributed by atoms with E-state index in [4.69, 9.17) is 5.73 Å². The van der Waals surface area contributed by atoms with Gasteiger partial charge in [-0.05, 0) is 13.8 Å². The van der Waals surface area contributed by atoms with Gasteiger partial charge in [0, 0.05) is 0 Å². The van der Waals surface area contributed by atoms with Crippen LogP contribution in [0.5, 0.6) is 0 Å². The highest BCUT2D eigenvalue weighted by Gasteiger charge is 2.67. The summed E-state index contributed by atoms with van der Waals surface area (Å²) in [4.78, 5) is 26.2. The van der Waals surface area contributed by atoms with Gasteiger partial charge in [-0.2, -0.15) is 10.1 Å². The van der Waals surface area contributed by atoms with E-state index in [1.807, 2.05) is 0 Å². The van der Waals surface area contributed by atoms with E-state index in [1.54, 1.807) is 0 Å². The van der Waals surface area contributed by atoms with Gasteiger partial charge in [-0.25, -0.2) is 4.79 Å². The van der Waals surface area contributed by atoms with Gasteiger partial charge in [-0.1, -0.05) is 0 Å². The topological polar surface area (TPSA) is 108 Å². The number of rotatable bonds is 0. The standard InChI is InChI=1S/C7H10N4O3/c1-6-4(12)9-3(8)7(6,2)11(14)5(13)10-6/h14H,1-2H3,(H,10,13)(H2,8,9,12). The number of carbonyl (C=O) groups excluding carboxylic acids is 2. The van der Waals surface area contributed by atoms with E-state index in [0.717, 1.165) is 0 Å². The maximum atomic E-state index is 11.5. The summed E-state index contributed by atoms with van der Waals surface area (Å²) in [6.07, 6.45) is 0. The highest BCUT2D eigenvalue weighted by Crippen LogP contribution is 2.38. The van der Waals surface area contributed by atoms with Gasteiger partial charge in [0.05, 0.1) is 0 Å². The van der Waals surface area contributed by atoms with Crippen molar-refractivity contribution >= 4 is 17.8 Å². The first-order valence-corrected chi connectivity index (χ1v) is 4.04. The Morgan fingerprint density at radius 2 is 2.07 bits per heavy atom. The first-order chi connectivity index (χ1) is 6.34. The van der Waals surface area contributed by atoms with Crippen molar-refractivity contribution < 1.29 is 14.8 Å². The largest absolute Gasteiger partial charge is 0.385 e. The molecule has 1 fully saturated rings. The van der Waals surface area contributed by atoms with Crippen LogP contribution in [0.4, 0.5) is 4.79 Å². The van der Waals surface area contributed by atoms with Crippen molar-refractivity contribution in [2.75, 3.05) is 0 Å². The lowest BCUT2D eigenvalue weighted by Crippen LogP contribution is -2.62. The predicted molar refractivity (Wildman–Crippen MR) is 45.6 cm³/mol. The summed E-state index contributed by atoms with van der Waals surface area (Å²) in [6.45, 7) is 2.96. The van der Waals surface area contributed by atoms with Crippen molar-refractivity contribution in [1.82, 2.24) is 10.4 Å². The van der Waals surface area contributed by atoms with Gasteiger partial charge in [-0.3, -0.25) is 10.0 Å². The fourth-order valence-electron chi connectivity index (χ4n) is 1.76. The Morgan fingerprint density at radius 3 is 2.57 bits per heavy atom. The monoisotopic (exact) mass is 198 g/mol. The Bertz CT molecular complexity index is 379. The van der Waals surface area contributed by atoms with Crippen LogP contribution in [-0.2, 0) is 4.79 Å². The molecule has 0 spiro atoms. The van der Waals surface area contributed by atoms with E-state index < -0.39 is 23.0 Å². The Hall–Kier alpha value is -1.63. The number of hydrogen-bond acceptors (Lipinski definition) is 4. The lowest BCUT2D eigenvalue weighted by atomic mass is 9.82. The minimum absolute atomic E-state index is 0.0640. The summed E-state index contributed by atoms with van der Waals surface area (Å²) in [5.74, 6) is -0.617. The van der Waals surface area contributed by atoms with Crippen LogP contribution in [0.2, 0.25) is 0 Å². The normalized spacial score (nSPS) is 41.1. The maximum absolute atomic E-state index is 11.5. The number of nitrogens with one attached hydrogen (secondary N) is 1. The highest BCUT2D eigenvalue weighted by atomic mass is 16.5. The summed E-state index contributed by atoms with van der Waals surface area (Å²) in [7, 11) is 0. The molecule has 0 aromatic carbocycles. The Balaban J connectivity index is 2.62. The molecule has 7 heteroatoms. The summed E-state index contributed by atoms with van der Waals surface area (Å²) >= 11 is 0. The molecular formula is C7H10N4O3. The molecule has 3 amide bonds. The molecule has 2 aliphatic rings. The molecule has 2 heterocycles. The molecule has 0 bridgehead atoms. The van der Waals surface area contributed by atoms with Crippen molar-refractivity contribution in [3.63, 3.8) is 0 Å². The Morgan fingerprint density at radius 1 is 1.50 bits per heavy atom. The number of urea groups is 1. The van der Waals surface area contributed by atoms with Crippen molar-refractivity contribution in [2.45, 2.75) is 24.9 Å². The summed E-state index contributed by atoms with van der Waals surface area (Å²) < 4.78 is 0. The number of amidine groups is 1. The molecule has 0 aromatic rings. The van der Waals surface area contributed by atoms with E-state index in [-0.39, 0.29) is 5.84 Å². The molecule has 1 saturated heterocycles. The molecule has 0 saturated carbocycles. The molecule has 2 atom stereocenters. The zero-order valence-corrected chi connectivity index (χ0v) is 7.74. The summed E-state index contributed by atoms with van der Waals surface area (Å²) in [6, 6.07) is -0.749. The fourth-order valence-corrected chi connectivity index (χ4v) is 1.76. The third-order valence-electron chi connectivity index (χ3n) is 3.10. The van der Waals surface area contributed by atoms with Crippen molar-refractivity contribution in [2.24, 2.45) is 10.7 Å². The number of nitrogens with two attached hydrogens (primary N) is 1. The van der Waals surface area contributed by atoms with Gasteiger partial charge >= 0.3 is 6.03 Å². The lowest BCUT2D eigenvalue weighted by molar-refractivity contribution is -0.128. The van der Waals surface area contributed by atoms with Crippen LogP contribution in [0.1, 0.15) is 13.8 Å². The summed E-state index contributed by atoms with van der Waals surface area (Å²) in [5, 5.41) is 12.3. The Kier molecular flexibility index (Phi) is 1.32. The second-order valence-corrected chi connectivity index (χ2v) is 3.74. The predicted octanol–water partition coefficient (Wildman–Crippen LogP) is -1.18. The first-order valence-electron chi connectivity index (χ1n) is 4.04. The van der Waals surface area contributed by atoms with Crippen LogP contribution in [0.3, 0.4) is 0 Å². The number of hydrogen-bond donors (Lipinski definition) is 3. The number of amides is 3. The second-order valence-electron chi connectivity index (χ2n) is 3.74. The van der Waals surface area contributed by atoms with Crippen molar-refractivity contribution in [3.05, 3.63) is 0 Å². The van der Waals surface area contributed by atoms with Gasteiger partial charge < -0.3 is 11.1 Å². The molecule has 76 valence electrons. The number of aliphatic imine (C=N–C) groups is 1. The Labute approximate surface area is 79.5 Å². The van der Waals surface area contributed by atoms with Crippen LogP contribution in [0.25, 0.3) is 0 Å². The number of hydroxylamine groups is 2. The van der Waals surface area contributed by atoms with E-state index in [1.165, 1.54) is 13.8 Å². The third-order valence-corrected chi connectivity index (χ3v) is 3.10. The SMILES string of the molecule is CC12NC(=O)N(O)C1(C)C(N)=NC2=O. The molecule has 14 heavy (non-hydrogen) atoms. The molecule has 0 radical (unpaired) electrons. The van der Waals surface area contributed by atoms with Gasteiger partial charge in [0.2, 0.25) is 0 Å². The van der Waals surface area contributed by atoms with Crippen molar-refractivity contribution in [1.29, 1.82) is 0 Å². The van der Waals surface area contributed by atoms with E-state index in [0.29, 0.717) is 5.06 Å². The fraction of sp³-hybridized carbons (Fsp3) is 0.571. The minimum Gasteiger partial charge on any atom is -0.385 e. The van der Waals surface area contributed by atoms with Gasteiger partial charge in [0.1, 0.15) is 5.84 Å². The number of fused-ring (bicyclic) bond motifs is 1. The van der Waals surface area contributed by atoms with Crippen LogP contribution < -0.4 is 11.1 Å². The minimum atomic E-state index is -1.29. The zero-order valence-electron chi connectivity index (χ0n) is 7.74.